The number of aryl methyl sites for hydroxylation is 1. The summed E-state index contributed by atoms with van der Waals surface area (Å²) in [5, 5.41) is 13.4. The number of fused-ring (bicyclic) bond motifs is 1. The van der Waals surface area contributed by atoms with E-state index in [1.54, 1.807) is 24.3 Å². The smallest absolute Gasteiger partial charge is 0.243 e. The minimum atomic E-state index is -3.83. The number of nitrogens with one attached hydrogen (secondary N) is 1. The number of aliphatic hydroxyl groups excluding tert-OH is 1. The van der Waals surface area contributed by atoms with Crippen molar-refractivity contribution in [1.29, 1.82) is 0 Å². The highest BCUT2D eigenvalue weighted by atomic mass is 32.2. The van der Waals surface area contributed by atoms with Gasteiger partial charge in [0.05, 0.1) is 48.9 Å². The molecule has 3 aliphatic heterocycles. The number of amides is 1. The third-order valence-corrected chi connectivity index (χ3v) is 9.08. The first-order valence-electron chi connectivity index (χ1n) is 12.8. The Kier molecular flexibility index (Phi) is 9.18. The van der Waals surface area contributed by atoms with Gasteiger partial charge in [0.2, 0.25) is 15.9 Å². The zero-order valence-electron chi connectivity index (χ0n) is 20.6. The molecule has 0 unspecified atom stereocenters. The standard InChI is InChI=1S/C25H39N3O6S/c1-19-5-8-22(9-6-19)35(31,32)28-16-20(29)17-33-18-24-23(28)10-7-21(34-24)15-25(30)26-11-14-27-12-3-2-4-13-27/h5-6,8-9,20-21,23-24,29H,2-4,7,10-18H2,1H3,(H,26,30)/t20-,21-,23+,24-/m0/s1. The molecule has 0 aromatic heterocycles. The van der Waals surface area contributed by atoms with Crippen molar-refractivity contribution in [1.82, 2.24) is 14.5 Å². The fourth-order valence-electron chi connectivity index (χ4n) is 5.23. The first-order chi connectivity index (χ1) is 16.8. The van der Waals surface area contributed by atoms with Crippen LogP contribution >= 0.6 is 0 Å². The van der Waals surface area contributed by atoms with Crippen molar-refractivity contribution in [2.45, 2.75) is 74.7 Å². The van der Waals surface area contributed by atoms with Gasteiger partial charge >= 0.3 is 0 Å². The molecule has 196 valence electrons. The first-order valence-corrected chi connectivity index (χ1v) is 14.3. The molecule has 0 saturated carbocycles. The number of piperidine rings is 1. The summed E-state index contributed by atoms with van der Waals surface area (Å²) in [6, 6.07) is 6.27. The van der Waals surface area contributed by atoms with Gasteiger partial charge in [-0.05, 0) is 57.8 Å². The number of likely N-dealkylation sites (tertiary alicyclic amines) is 1. The molecule has 1 aromatic rings. The number of aliphatic hydroxyl groups is 1. The lowest BCUT2D eigenvalue weighted by molar-refractivity contribution is -0.146. The molecular formula is C25H39N3O6S. The number of sulfonamides is 1. The lowest BCUT2D eigenvalue weighted by Crippen LogP contribution is -2.57. The van der Waals surface area contributed by atoms with E-state index in [1.165, 1.54) is 23.6 Å². The summed E-state index contributed by atoms with van der Waals surface area (Å²) in [6.45, 7) is 5.75. The average molecular weight is 510 g/mol. The molecule has 10 heteroatoms. The molecule has 1 aromatic carbocycles. The van der Waals surface area contributed by atoms with Gasteiger partial charge in [0.1, 0.15) is 0 Å². The Morgan fingerprint density at radius 1 is 1.11 bits per heavy atom. The van der Waals surface area contributed by atoms with E-state index in [0.29, 0.717) is 19.4 Å². The van der Waals surface area contributed by atoms with Crippen LogP contribution in [0.3, 0.4) is 0 Å². The zero-order chi connectivity index (χ0) is 24.8. The lowest BCUT2D eigenvalue weighted by atomic mass is 9.96. The van der Waals surface area contributed by atoms with Crippen LogP contribution in [0.1, 0.15) is 44.1 Å². The summed E-state index contributed by atoms with van der Waals surface area (Å²) in [4.78, 5) is 15.1. The summed E-state index contributed by atoms with van der Waals surface area (Å²) >= 11 is 0. The number of carbonyl (C=O) groups is 1. The first kappa shape index (κ1) is 26.5. The van der Waals surface area contributed by atoms with Gasteiger partial charge < -0.3 is 24.8 Å². The van der Waals surface area contributed by atoms with Crippen molar-refractivity contribution < 1.29 is 27.8 Å². The second-order valence-electron chi connectivity index (χ2n) is 9.98. The van der Waals surface area contributed by atoms with Crippen molar-refractivity contribution in [3.8, 4) is 0 Å². The minimum Gasteiger partial charge on any atom is -0.389 e. The molecule has 3 saturated heterocycles. The second kappa shape index (κ2) is 12.1. The fourth-order valence-corrected chi connectivity index (χ4v) is 6.95. The fraction of sp³-hybridized carbons (Fsp3) is 0.720. The van der Waals surface area contributed by atoms with Gasteiger partial charge in [0, 0.05) is 19.6 Å². The summed E-state index contributed by atoms with van der Waals surface area (Å²) < 4.78 is 40.3. The van der Waals surface area contributed by atoms with Crippen molar-refractivity contribution in [3.63, 3.8) is 0 Å². The summed E-state index contributed by atoms with van der Waals surface area (Å²) in [5.41, 5.74) is 0.973. The van der Waals surface area contributed by atoms with Gasteiger partial charge in [-0.25, -0.2) is 8.42 Å². The Balaban J connectivity index is 1.36. The second-order valence-corrected chi connectivity index (χ2v) is 11.9. The molecule has 4 rings (SSSR count). The van der Waals surface area contributed by atoms with E-state index < -0.39 is 28.3 Å². The Bertz CT molecular complexity index is 935. The molecular weight excluding hydrogens is 470 g/mol. The summed E-state index contributed by atoms with van der Waals surface area (Å²) in [7, 11) is -3.83. The highest BCUT2D eigenvalue weighted by Crippen LogP contribution is 2.31. The van der Waals surface area contributed by atoms with Gasteiger partial charge in [-0.2, -0.15) is 4.31 Å². The number of β-amino-alcohol motifs (C(OH)–C–C–N with tert-alkyl or cyclic N) is 1. The lowest BCUT2D eigenvalue weighted by Gasteiger charge is -2.43. The number of ether oxygens (including phenoxy) is 2. The van der Waals surface area contributed by atoms with Crippen LogP contribution in [0.4, 0.5) is 0 Å². The van der Waals surface area contributed by atoms with E-state index >= 15 is 0 Å². The van der Waals surface area contributed by atoms with Crippen molar-refractivity contribution >= 4 is 15.9 Å². The number of rotatable bonds is 7. The van der Waals surface area contributed by atoms with Gasteiger partial charge in [-0.1, -0.05) is 24.1 Å². The molecule has 0 radical (unpaired) electrons. The van der Waals surface area contributed by atoms with Gasteiger partial charge in [0.15, 0.2) is 0 Å². The quantitative estimate of drug-likeness (QED) is 0.570. The number of hydrogen-bond acceptors (Lipinski definition) is 7. The Labute approximate surface area is 208 Å². The molecule has 0 bridgehead atoms. The number of hydrogen-bond donors (Lipinski definition) is 2. The highest BCUT2D eigenvalue weighted by Gasteiger charge is 2.43. The van der Waals surface area contributed by atoms with Crippen molar-refractivity contribution in [2.24, 2.45) is 0 Å². The molecule has 35 heavy (non-hydrogen) atoms. The topological polar surface area (TPSA) is 108 Å². The SMILES string of the molecule is Cc1ccc(S(=O)(=O)N2C[C@H](O)COC[C@@H]3O[C@H](CC(=O)NCCN4CCCCC4)CC[C@H]32)cc1. The molecule has 1 amide bonds. The van der Waals surface area contributed by atoms with Crippen LogP contribution in [-0.2, 0) is 24.3 Å². The predicted octanol–water partition coefficient (Wildman–Crippen LogP) is 1.29. The van der Waals surface area contributed by atoms with Crippen LogP contribution in [0.25, 0.3) is 0 Å². The van der Waals surface area contributed by atoms with Crippen LogP contribution in [0.2, 0.25) is 0 Å². The summed E-state index contributed by atoms with van der Waals surface area (Å²) in [6.07, 6.45) is 3.39. The molecule has 0 spiro atoms. The van der Waals surface area contributed by atoms with Crippen molar-refractivity contribution in [2.75, 3.05) is 45.9 Å². The normalized spacial score (nSPS) is 29.1. The van der Waals surface area contributed by atoms with Crippen LogP contribution in [0.15, 0.2) is 29.2 Å². The monoisotopic (exact) mass is 509 g/mol. The minimum absolute atomic E-state index is 0.0359. The molecule has 3 heterocycles. The van der Waals surface area contributed by atoms with E-state index in [-0.39, 0.29) is 43.1 Å². The molecule has 3 aliphatic rings. The van der Waals surface area contributed by atoms with Gasteiger partial charge in [-0.15, -0.1) is 0 Å². The number of nitrogens with zero attached hydrogens (tertiary/aromatic N) is 2. The van der Waals surface area contributed by atoms with Crippen LogP contribution in [0, 0.1) is 6.92 Å². The predicted molar refractivity (Wildman–Crippen MR) is 131 cm³/mol. The molecule has 2 N–H and O–H groups in total. The molecule has 9 nitrogen and oxygen atoms in total. The average Bonchev–Trinajstić information content (AvgIpc) is 2.83. The van der Waals surface area contributed by atoms with E-state index in [2.05, 4.69) is 10.2 Å². The van der Waals surface area contributed by atoms with Gasteiger partial charge in [-0.3, -0.25) is 4.79 Å². The maximum absolute atomic E-state index is 13.5. The molecule has 4 atom stereocenters. The third-order valence-electron chi connectivity index (χ3n) is 7.17. The largest absolute Gasteiger partial charge is 0.389 e. The Morgan fingerprint density at radius 3 is 2.60 bits per heavy atom. The molecule has 3 fully saturated rings. The van der Waals surface area contributed by atoms with Crippen LogP contribution in [-0.4, -0.2) is 98.9 Å². The van der Waals surface area contributed by atoms with E-state index in [9.17, 15) is 18.3 Å². The zero-order valence-corrected chi connectivity index (χ0v) is 21.4. The van der Waals surface area contributed by atoms with Crippen LogP contribution < -0.4 is 5.32 Å². The van der Waals surface area contributed by atoms with E-state index in [4.69, 9.17) is 9.47 Å². The molecule has 0 aliphatic carbocycles. The number of benzene rings is 1. The third kappa shape index (κ3) is 7.02. The Morgan fingerprint density at radius 2 is 1.86 bits per heavy atom. The summed E-state index contributed by atoms with van der Waals surface area (Å²) in [5.74, 6) is -0.0447. The maximum atomic E-state index is 13.5. The van der Waals surface area contributed by atoms with Crippen LogP contribution in [0.5, 0.6) is 0 Å². The maximum Gasteiger partial charge on any atom is 0.243 e. The van der Waals surface area contributed by atoms with E-state index in [0.717, 1.165) is 25.2 Å². The Hall–Kier alpha value is -1.56. The van der Waals surface area contributed by atoms with Crippen molar-refractivity contribution in [3.05, 3.63) is 29.8 Å². The van der Waals surface area contributed by atoms with Gasteiger partial charge in [0.25, 0.3) is 0 Å². The number of carbonyl (C=O) groups excluding carboxylic acids is 1. The highest BCUT2D eigenvalue weighted by molar-refractivity contribution is 7.89. The van der Waals surface area contributed by atoms with E-state index in [1.807, 2.05) is 6.92 Å².